The van der Waals surface area contributed by atoms with Crippen molar-refractivity contribution in [1.82, 2.24) is 0 Å². The first kappa shape index (κ1) is 14.2. The lowest BCUT2D eigenvalue weighted by atomic mass is 10.2. The zero-order valence-electron chi connectivity index (χ0n) is 10.6. The molecule has 6 heteroatoms. The van der Waals surface area contributed by atoms with Crippen LogP contribution in [-0.4, -0.2) is 24.2 Å². The quantitative estimate of drug-likeness (QED) is 0.457. The Morgan fingerprint density at radius 1 is 1.44 bits per heavy atom. The first-order chi connectivity index (χ1) is 8.54. The summed E-state index contributed by atoms with van der Waals surface area (Å²) in [5.41, 5.74) is 5.30. The van der Waals surface area contributed by atoms with Crippen LogP contribution in [0.4, 0.5) is 5.69 Å². The van der Waals surface area contributed by atoms with Crippen molar-refractivity contribution in [3.8, 4) is 11.5 Å². The van der Waals surface area contributed by atoms with Crippen molar-refractivity contribution in [2.45, 2.75) is 26.4 Å². The van der Waals surface area contributed by atoms with Gasteiger partial charge in [-0.3, -0.25) is 10.1 Å². The summed E-state index contributed by atoms with van der Waals surface area (Å²) in [4.78, 5) is 10.4. The number of nitro groups is 1. The van der Waals surface area contributed by atoms with Crippen LogP contribution in [0.3, 0.4) is 0 Å². The van der Waals surface area contributed by atoms with Crippen LogP contribution in [-0.2, 0) is 0 Å². The summed E-state index contributed by atoms with van der Waals surface area (Å²) in [7, 11) is 0. The smallest absolute Gasteiger partial charge is 0.311 e. The molecule has 18 heavy (non-hydrogen) atoms. The molecule has 2 N–H and O–H groups in total. The fourth-order valence-corrected chi connectivity index (χ4v) is 1.36. The number of nitrogens with two attached hydrogens (primary N) is 1. The largest absolute Gasteiger partial charge is 0.493 e. The van der Waals surface area contributed by atoms with Gasteiger partial charge in [-0.1, -0.05) is 0 Å². The van der Waals surface area contributed by atoms with E-state index in [0.717, 1.165) is 6.42 Å². The van der Waals surface area contributed by atoms with Crippen molar-refractivity contribution in [2.75, 3.05) is 13.2 Å². The molecule has 0 aliphatic rings. The van der Waals surface area contributed by atoms with Gasteiger partial charge in [-0.05, 0) is 32.9 Å². The Hall–Kier alpha value is -1.82. The minimum Gasteiger partial charge on any atom is -0.493 e. The molecule has 1 aromatic rings. The van der Waals surface area contributed by atoms with Gasteiger partial charge in [0.25, 0.3) is 0 Å². The van der Waals surface area contributed by atoms with Gasteiger partial charge in [-0.25, -0.2) is 0 Å². The van der Waals surface area contributed by atoms with Crippen molar-refractivity contribution in [3.63, 3.8) is 0 Å². The molecule has 0 fully saturated rings. The second-order valence-electron chi connectivity index (χ2n) is 4.04. The first-order valence-electron chi connectivity index (χ1n) is 5.82. The topological polar surface area (TPSA) is 87.6 Å². The van der Waals surface area contributed by atoms with Gasteiger partial charge in [0.15, 0.2) is 0 Å². The van der Waals surface area contributed by atoms with Crippen LogP contribution >= 0.6 is 0 Å². The highest BCUT2D eigenvalue weighted by atomic mass is 16.6. The van der Waals surface area contributed by atoms with Crippen LogP contribution in [0.25, 0.3) is 0 Å². The lowest BCUT2D eigenvalue weighted by Crippen LogP contribution is -2.09. The van der Waals surface area contributed by atoms with Crippen LogP contribution in [0.15, 0.2) is 18.2 Å². The van der Waals surface area contributed by atoms with Crippen molar-refractivity contribution >= 4 is 5.69 Å². The molecule has 0 amide bonds. The molecular formula is C12H18N2O4. The molecule has 0 saturated heterocycles. The average Bonchev–Trinajstić information content (AvgIpc) is 2.28. The normalized spacial score (nSPS) is 10.4. The van der Waals surface area contributed by atoms with Crippen LogP contribution in [0.5, 0.6) is 11.5 Å². The minimum absolute atomic E-state index is 0.0603. The highest BCUT2D eigenvalue weighted by Gasteiger charge is 2.17. The third kappa shape index (κ3) is 4.21. The molecule has 0 aliphatic carbocycles. The van der Waals surface area contributed by atoms with Gasteiger partial charge < -0.3 is 15.2 Å². The lowest BCUT2D eigenvalue weighted by molar-refractivity contribution is -0.386. The van der Waals surface area contributed by atoms with Gasteiger partial charge in [0, 0.05) is 12.1 Å². The van der Waals surface area contributed by atoms with E-state index in [1.165, 1.54) is 12.1 Å². The van der Waals surface area contributed by atoms with Gasteiger partial charge in [0.1, 0.15) is 5.75 Å². The molecule has 0 atom stereocenters. The highest BCUT2D eigenvalue weighted by molar-refractivity contribution is 5.50. The number of benzene rings is 1. The molecule has 0 aliphatic heterocycles. The van der Waals surface area contributed by atoms with Crippen molar-refractivity contribution in [2.24, 2.45) is 5.73 Å². The summed E-state index contributed by atoms with van der Waals surface area (Å²) in [5.74, 6) is 0.768. The Labute approximate surface area is 106 Å². The number of hydrogen-bond donors (Lipinski definition) is 1. The van der Waals surface area contributed by atoms with E-state index < -0.39 is 4.92 Å². The summed E-state index contributed by atoms with van der Waals surface area (Å²) in [6.45, 7) is 4.65. The van der Waals surface area contributed by atoms with E-state index >= 15 is 0 Å². The van der Waals surface area contributed by atoms with Gasteiger partial charge in [0.05, 0.1) is 17.6 Å². The summed E-state index contributed by atoms with van der Waals surface area (Å²) in [6, 6.07) is 4.48. The van der Waals surface area contributed by atoms with Crippen LogP contribution < -0.4 is 15.2 Å². The molecule has 0 bridgehead atoms. The van der Waals surface area contributed by atoms with E-state index in [-0.39, 0.29) is 17.5 Å². The highest BCUT2D eigenvalue weighted by Crippen LogP contribution is 2.31. The third-order valence-corrected chi connectivity index (χ3v) is 2.11. The third-order valence-electron chi connectivity index (χ3n) is 2.11. The summed E-state index contributed by atoms with van der Waals surface area (Å²) in [5, 5.41) is 10.8. The predicted octanol–water partition coefficient (Wildman–Crippen LogP) is 2.11. The monoisotopic (exact) mass is 254 g/mol. The van der Waals surface area contributed by atoms with Crippen LogP contribution in [0, 0.1) is 10.1 Å². The summed E-state index contributed by atoms with van der Waals surface area (Å²) < 4.78 is 10.8. The number of hydrogen-bond acceptors (Lipinski definition) is 5. The second kappa shape index (κ2) is 6.80. The summed E-state index contributed by atoms with van der Waals surface area (Å²) >= 11 is 0. The van der Waals surface area contributed by atoms with E-state index in [1.54, 1.807) is 6.07 Å². The standard InChI is InChI=1S/C12H18N2O4/c1-9(2)18-12-8-10(17-7-3-6-13)4-5-11(12)14(15)16/h4-5,8-9H,3,6-7,13H2,1-2H3. The molecule has 0 unspecified atom stereocenters. The zero-order chi connectivity index (χ0) is 13.5. The summed E-state index contributed by atoms with van der Waals surface area (Å²) in [6.07, 6.45) is 0.597. The molecule has 100 valence electrons. The van der Waals surface area contributed by atoms with Crippen LogP contribution in [0.1, 0.15) is 20.3 Å². The number of nitro benzene ring substituents is 1. The maximum absolute atomic E-state index is 10.8. The fraction of sp³-hybridized carbons (Fsp3) is 0.500. The van der Waals surface area contributed by atoms with E-state index in [2.05, 4.69) is 0 Å². The SMILES string of the molecule is CC(C)Oc1cc(OCCCN)ccc1[N+](=O)[O-]. The van der Waals surface area contributed by atoms with Crippen LogP contribution in [0.2, 0.25) is 0 Å². The zero-order valence-corrected chi connectivity index (χ0v) is 10.6. The Bertz CT molecular complexity index is 407. The number of rotatable bonds is 7. The Morgan fingerprint density at radius 2 is 2.17 bits per heavy atom. The lowest BCUT2D eigenvalue weighted by Gasteiger charge is -2.12. The number of ether oxygens (including phenoxy) is 2. The maximum Gasteiger partial charge on any atom is 0.311 e. The molecule has 1 rings (SSSR count). The molecule has 0 saturated carbocycles. The molecular weight excluding hydrogens is 236 g/mol. The van der Waals surface area contributed by atoms with Gasteiger partial charge >= 0.3 is 5.69 Å². The van der Waals surface area contributed by atoms with E-state index in [4.69, 9.17) is 15.2 Å². The van der Waals surface area contributed by atoms with Crippen molar-refractivity contribution in [3.05, 3.63) is 28.3 Å². The molecule has 1 aromatic carbocycles. The number of nitrogens with zero attached hydrogens (tertiary/aromatic N) is 1. The van der Waals surface area contributed by atoms with Crippen molar-refractivity contribution in [1.29, 1.82) is 0 Å². The van der Waals surface area contributed by atoms with Gasteiger partial charge in [0.2, 0.25) is 5.75 Å². The predicted molar refractivity (Wildman–Crippen MR) is 68.0 cm³/mol. The second-order valence-corrected chi connectivity index (χ2v) is 4.04. The fourth-order valence-electron chi connectivity index (χ4n) is 1.36. The maximum atomic E-state index is 10.8. The van der Waals surface area contributed by atoms with Crippen molar-refractivity contribution < 1.29 is 14.4 Å². The molecule has 0 spiro atoms. The van der Waals surface area contributed by atoms with Gasteiger partial charge in [-0.15, -0.1) is 0 Å². The molecule has 0 heterocycles. The van der Waals surface area contributed by atoms with E-state index in [1.807, 2.05) is 13.8 Å². The Balaban J connectivity index is 2.87. The minimum atomic E-state index is -0.471. The Kier molecular flexibility index (Phi) is 5.38. The molecule has 0 radical (unpaired) electrons. The van der Waals surface area contributed by atoms with E-state index in [9.17, 15) is 10.1 Å². The van der Waals surface area contributed by atoms with Gasteiger partial charge in [-0.2, -0.15) is 0 Å². The molecule has 6 nitrogen and oxygen atoms in total. The molecule has 0 aromatic heterocycles. The van der Waals surface area contributed by atoms with E-state index in [0.29, 0.717) is 18.9 Å². The Morgan fingerprint density at radius 3 is 2.72 bits per heavy atom. The average molecular weight is 254 g/mol. The first-order valence-corrected chi connectivity index (χ1v) is 5.82.